The van der Waals surface area contributed by atoms with E-state index >= 15 is 0 Å². The fraction of sp³-hybridized carbons (Fsp3) is 0.833. The van der Waals surface area contributed by atoms with Crippen LogP contribution < -0.4 is 0 Å². The molecule has 11 heteroatoms. The monoisotopic (exact) mass is 292 g/mol. The third kappa shape index (κ3) is 6.52. The van der Waals surface area contributed by atoms with Crippen LogP contribution in [0.15, 0.2) is 0 Å². The molecule has 5 atom stereocenters. The van der Waals surface area contributed by atoms with Crippen LogP contribution in [0, 0.1) is 0 Å². The summed E-state index contributed by atoms with van der Waals surface area (Å²) in [4.78, 5) is 27.3. The summed E-state index contributed by atoms with van der Waals surface area (Å²) in [5.74, 6) is 0. The predicted octanol–water partition coefficient (Wildman–Crippen LogP) is -3.06. The van der Waals surface area contributed by atoms with Gasteiger partial charge in [0.25, 0.3) is 0 Å². The Labute approximate surface area is 98.5 Å². The Balaban J connectivity index is 4.34. The number of aliphatic hydroxyl groups excluding tert-OH is 4. The van der Waals surface area contributed by atoms with Crippen molar-refractivity contribution in [3.05, 3.63) is 0 Å². The molecule has 0 saturated carbocycles. The van der Waals surface area contributed by atoms with Gasteiger partial charge in [0.1, 0.15) is 24.4 Å². The highest BCUT2D eigenvalue weighted by Crippen LogP contribution is 2.35. The van der Waals surface area contributed by atoms with E-state index in [2.05, 4.69) is 4.52 Å². The molecule has 0 rings (SSSR count). The summed E-state index contributed by atoms with van der Waals surface area (Å²) in [6.45, 7) is -0.972. The van der Waals surface area contributed by atoms with Crippen molar-refractivity contribution >= 4 is 22.6 Å². The van der Waals surface area contributed by atoms with Gasteiger partial charge in [0.2, 0.25) is 0 Å². The van der Waals surface area contributed by atoms with Crippen LogP contribution in [-0.4, -0.2) is 66.8 Å². The average molecular weight is 292 g/mol. The quantitative estimate of drug-likeness (QED) is 0.267. The lowest BCUT2D eigenvalue weighted by atomic mass is 10.0. The Morgan fingerprint density at radius 2 is 1.65 bits per heavy atom. The molecular weight excluding hydrogens is 278 g/mol. The molecule has 1 unspecified atom stereocenters. The molecule has 0 aromatic heterocycles. The second-order valence-electron chi connectivity index (χ2n) is 3.18. The zero-order valence-electron chi connectivity index (χ0n) is 8.45. The van der Waals surface area contributed by atoms with Crippen molar-refractivity contribution in [2.24, 2.45) is 0 Å². The molecule has 0 heterocycles. The Morgan fingerprint density at radius 1 is 1.18 bits per heavy atom. The third-order valence-corrected chi connectivity index (χ3v) is 2.60. The van der Waals surface area contributed by atoms with E-state index in [4.69, 9.17) is 14.9 Å². The Morgan fingerprint density at radius 3 is 2.00 bits per heavy atom. The molecule has 0 fully saturated rings. The number of hydrogen-bond acceptors (Lipinski definition) is 7. The van der Waals surface area contributed by atoms with Crippen molar-refractivity contribution in [3.63, 3.8) is 0 Å². The summed E-state index contributed by atoms with van der Waals surface area (Å²) in [7, 11) is -3.25. The third-order valence-electron chi connectivity index (χ3n) is 1.77. The normalized spacial score (nSPS) is 19.5. The van der Waals surface area contributed by atoms with E-state index in [0.29, 0.717) is 0 Å². The van der Waals surface area contributed by atoms with Gasteiger partial charge in [0.15, 0.2) is 5.52 Å². The highest BCUT2D eigenvalue weighted by Gasteiger charge is 2.33. The first-order valence-corrected chi connectivity index (χ1v) is 6.38. The summed E-state index contributed by atoms with van der Waals surface area (Å²) in [6.07, 6.45) is -7.83. The highest BCUT2D eigenvalue weighted by molar-refractivity contribution is 7.46. The van der Waals surface area contributed by atoms with Crippen LogP contribution in [0.2, 0.25) is 0 Å². The van der Waals surface area contributed by atoms with Crippen molar-refractivity contribution in [3.8, 4) is 0 Å². The van der Waals surface area contributed by atoms with Gasteiger partial charge < -0.3 is 30.2 Å². The fourth-order valence-electron chi connectivity index (χ4n) is 0.855. The van der Waals surface area contributed by atoms with E-state index in [9.17, 15) is 24.7 Å². The van der Waals surface area contributed by atoms with E-state index < -0.39 is 44.4 Å². The smallest absolute Gasteiger partial charge is 0.388 e. The molecule has 0 radical (unpaired) electrons. The van der Waals surface area contributed by atoms with Crippen LogP contribution in [-0.2, 0) is 13.9 Å². The van der Waals surface area contributed by atoms with E-state index in [-0.39, 0.29) is 0 Å². The fourth-order valence-corrected chi connectivity index (χ4v) is 1.40. The maximum atomic E-state index is 10.6. The molecule has 9 nitrogen and oxygen atoms in total. The van der Waals surface area contributed by atoms with Gasteiger partial charge >= 0.3 is 7.82 Å². The van der Waals surface area contributed by atoms with Crippen molar-refractivity contribution in [1.29, 1.82) is 0 Å². The van der Waals surface area contributed by atoms with Crippen molar-refractivity contribution in [2.75, 3.05) is 6.61 Å². The molecule has 0 saturated heterocycles. The van der Waals surface area contributed by atoms with Gasteiger partial charge in [-0.1, -0.05) is 9.24 Å². The standard InChI is InChI=1S/C6H14O9P2/c7-2(1-15-17(12,13)14)3(8)4(9)5(10)6(11)16/h2-5,7-10H,1,16H2,(H2,12,13,14)/t2-,3-,4+,5+/m1/s1. The molecule has 0 aromatic rings. The summed E-state index contributed by atoms with van der Waals surface area (Å²) in [6, 6.07) is 0. The number of hydrogen-bond donors (Lipinski definition) is 6. The molecule has 0 bridgehead atoms. The average Bonchev–Trinajstić information content (AvgIpc) is 2.21. The summed E-state index contributed by atoms with van der Waals surface area (Å²) < 4.78 is 14.2. The first-order chi connectivity index (χ1) is 7.56. The summed E-state index contributed by atoms with van der Waals surface area (Å²) in [5.41, 5.74) is -0.917. The molecule has 17 heavy (non-hydrogen) atoms. The molecule has 0 aliphatic carbocycles. The van der Waals surface area contributed by atoms with E-state index in [1.54, 1.807) is 9.24 Å². The molecule has 0 aliphatic rings. The van der Waals surface area contributed by atoms with Crippen LogP contribution in [0.3, 0.4) is 0 Å². The molecule has 102 valence electrons. The molecule has 0 amide bonds. The SMILES string of the molecule is O=C(P)[C@@H](O)[C@@H](O)[C@H](O)[C@H](O)COP(=O)(O)O. The predicted molar refractivity (Wildman–Crippen MR) is 56.7 cm³/mol. The lowest BCUT2D eigenvalue weighted by molar-refractivity contribution is -0.139. The summed E-state index contributed by atoms with van der Waals surface area (Å²) >= 11 is 0. The second kappa shape index (κ2) is 6.84. The lowest BCUT2D eigenvalue weighted by Crippen LogP contribution is -2.47. The van der Waals surface area contributed by atoms with E-state index in [1.165, 1.54) is 0 Å². The lowest BCUT2D eigenvalue weighted by Gasteiger charge is -2.25. The zero-order chi connectivity index (χ0) is 13.8. The molecule has 0 spiro atoms. The van der Waals surface area contributed by atoms with Gasteiger partial charge in [-0.25, -0.2) is 4.57 Å². The first kappa shape index (κ1) is 17.1. The molecule has 0 aliphatic heterocycles. The maximum Gasteiger partial charge on any atom is 0.469 e. The van der Waals surface area contributed by atoms with E-state index in [1.807, 2.05) is 0 Å². The maximum absolute atomic E-state index is 10.6. The topological polar surface area (TPSA) is 165 Å². The van der Waals surface area contributed by atoms with Crippen LogP contribution in [0.4, 0.5) is 0 Å². The Kier molecular flexibility index (Phi) is 6.86. The van der Waals surface area contributed by atoms with Crippen LogP contribution in [0.5, 0.6) is 0 Å². The van der Waals surface area contributed by atoms with Crippen molar-refractivity contribution in [1.82, 2.24) is 0 Å². The van der Waals surface area contributed by atoms with Crippen LogP contribution in [0.1, 0.15) is 0 Å². The summed E-state index contributed by atoms with van der Waals surface area (Å²) in [5, 5.41) is 36.7. The molecular formula is C6H14O9P2. The van der Waals surface area contributed by atoms with Gasteiger partial charge in [-0.15, -0.1) is 0 Å². The second-order valence-corrected chi connectivity index (χ2v) is 4.99. The number of phosphoric ester groups is 1. The van der Waals surface area contributed by atoms with Crippen molar-refractivity contribution in [2.45, 2.75) is 24.4 Å². The van der Waals surface area contributed by atoms with Gasteiger partial charge in [-0.2, -0.15) is 0 Å². The number of carbonyl (C=O) groups excluding carboxylic acids is 1. The minimum atomic E-state index is -4.82. The van der Waals surface area contributed by atoms with Crippen LogP contribution in [0.25, 0.3) is 0 Å². The highest BCUT2D eigenvalue weighted by atomic mass is 31.2. The minimum Gasteiger partial charge on any atom is -0.388 e. The van der Waals surface area contributed by atoms with Crippen molar-refractivity contribution < 1.29 is 44.1 Å². The van der Waals surface area contributed by atoms with Crippen LogP contribution >= 0.6 is 17.1 Å². The molecule has 6 N–H and O–H groups in total. The van der Waals surface area contributed by atoms with E-state index in [0.717, 1.165) is 0 Å². The number of carbonyl (C=O) groups is 1. The minimum absolute atomic E-state index is 0.917. The number of phosphoric acid groups is 1. The molecule has 0 aromatic carbocycles. The van der Waals surface area contributed by atoms with Gasteiger partial charge in [-0.05, 0) is 0 Å². The van der Waals surface area contributed by atoms with Gasteiger partial charge in [0.05, 0.1) is 6.61 Å². The zero-order valence-corrected chi connectivity index (χ0v) is 10.5. The first-order valence-electron chi connectivity index (χ1n) is 4.28. The largest absolute Gasteiger partial charge is 0.469 e. The Hall–Kier alpha value is 0.0500. The van der Waals surface area contributed by atoms with Gasteiger partial charge in [-0.3, -0.25) is 9.32 Å². The van der Waals surface area contributed by atoms with Gasteiger partial charge in [0, 0.05) is 0 Å². The number of rotatable bonds is 7. The Bertz CT molecular complexity index is 302. The number of aliphatic hydroxyl groups is 4.